The quantitative estimate of drug-likeness (QED) is 0.450. The zero-order valence-corrected chi connectivity index (χ0v) is 15.8. The first-order valence-electron chi connectivity index (χ1n) is 8.80. The number of anilines is 1. The SMILES string of the molecule is O[C@@H](CNc1cc(-c2cc3cc(C(F)(F)F)ccc3s2)ncn1)c1ccccc1. The van der Waals surface area contributed by atoms with Gasteiger partial charge in [0.15, 0.2) is 0 Å². The number of thiophene rings is 1. The minimum Gasteiger partial charge on any atom is -0.387 e. The maximum Gasteiger partial charge on any atom is 0.416 e. The summed E-state index contributed by atoms with van der Waals surface area (Å²) in [4.78, 5) is 9.13. The molecule has 4 nitrogen and oxygen atoms in total. The second-order valence-corrected chi connectivity index (χ2v) is 7.54. The number of fused-ring (bicyclic) bond motifs is 1. The lowest BCUT2D eigenvalue weighted by Crippen LogP contribution is -2.13. The molecule has 0 aliphatic carbocycles. The van der Waals surface area contributed by atoms with Crippen LogP contribution in [0.5, 0.6) is 0 Å². The summed E-state index contributed by atoms with van der Waals surface area (Å²) in [6.45, 7) is 0.266. The molecule has 0 saturated carbocycles. The molecular formula is C21H16F3N3OS. The number of aromatic nitrogens is 2. The smallest absolute Gasteiger partial charge is 0.387 e. The van der Waals surface area contributed by atoms with Crippen LogP contribution in [0, 0.1) is 0 Å². The number of hydrogen-bond acceptors (Lipinski definition) is 5. The zero-order chi connectivity index (χ0) is 20.4. The number of nitrogens with zero attached hydrogens (tertiary/aromatic N) is 2. The number of aliphatic hydroxyl groups is 1. The Morgan fingerprint density at radius 2 is 1.79 bits per heavy atom. The molecule has 0 amide bonds. The summed E-state index contributed by atoms with van der Waals surface area (Å²) < 4.78 is 39.5. The summed E-state index contributed by atoms with van der Waals surface area (Å²) >= 11 is 1.36. The molecule has 1 atom stereocenters. The predicted molar refractivity (Wildman–Crippen MR) is 108 cm³/mol. The maximum absolute atomic E-state index is 12.9. The Hall–Kier alpha value is -2.97. The molecule has 0 spiro atoms. The van der Waals surface area contributed by atoms with Gasteiger partial charge in [-0.25, -0.2) is 9.97 Å². The Labute approximate surface area is 168 Å². The average molecular weight is 415 g/mol. The number of nitrogens with one attached hydrogen (secondary N) is 1. The van der Waals surface area contributed by atoms with Gasteiger partial charge in [-0.2, -0.15) is 13.2 Å². The maximum atomic E-state index is 12.9. The highest BCUT2D eigenvalue weighted by atomic mass is 32.1. The van der Waals surface area contributed by atoms with Crippen LogP contribution in [-0.2, 0) is 6.18 Å². The summed E-state index contributed by atoms with van der Waals surface area (Å²) in [7, 11) is 0. The van der Waals surface area contributed by atoms with E-state index in [4.69, 9.17) is 0 Å². The van der Waals surface area contributed by atoms with Crippen LogP contribution < -0.4 is 5.32 Å². The number of aliphatic hydroxyl groups excluding tert-OH is 1. The highest BCUT2D eigenvalue weighted by Crippen LogP contribution is 2.37. The Bertz CT molecular complexity index is 1130. The first kappa shape index (κ1) is 19.4. The topological polar surface area (TPSA) is 58.0 Å². The van der Waals surface area contributed by atoms with E-state index in [2.05, 4.69) is 15.3 Å². The summed E-state index contributed by atoms with van der Waals surface area (Å²) in [5.41, 5.74) is 0.722. The number of hydrogen-bond donors (Lipinski definition) is 2. The van der Waals surface area contributed by atoms with Gasteiger partial charge >= 0.3 is 6.18 Å². The fraction of sp³-hybridized carbons (Fsp3) is 0.143. The Kier molecular flexibility index (Phi) is 5.21. The minimum atomic E-state index is -4.37. The molecule has 0 saturated heterocycles. The molecule has 2 heterocycles. The summed E-state index contributed by atoms with van der Waals surface area (Å²) in [5, 5.41) is 13.9. The van der Waals surface area contributed by atoms with Crippen molar-refractivity contribution in [3.05, 3.63) is 78.1 Å². The highest BCUT2D eigenvalue weighted by Gasteiger charge is 2.30. The van der Waals surface area contributed by atoms with Crippen molar-refractivity contribution in [2.75, 3.05) is 11.9 Å². The van der Waals surface area contributed by atoms with Crippen molar-refractivity contribution in [3.8, 4) is 10.6 Å². The molecule has 148 valence electrons. The van der Waals surface area contributed by atoms with Gasteiger partial charge in [-0.3, -0.25) is 0 Å². The van der Waals surface area contributed by atoms with Crippen molar-refractivity contribution in [2.24, 2.45) is 0 Å². The van der Waals surface area contributed by atoms with Gasteiger partial charge in [0.25, 0.3) is 0 Å². The van der Waals surface area contributed by atoms with Crippen molar-refractivity contribution >= 4 is 27.2 Å². The molecule has 4 aromatic rings. The van der Waals surface area contributed by atoms with Gasteiger partial charge in [0, 0.05) is 17.3 Å². The van der Waals surface area contributed by atoms with Gasteiger partial charge in [-0.1, -0.05) is 30.3 Å². The van der Waals surface area contributed by atoms with E-state index in [-0.39, 0.29) is 6.54 Å². The summed E-state index contributed by atoms with van der Waals surface area (Å²) in [6.07, 6.45) is -3.68. The van der Waals surface area contributed by atoms with Crippen LogP contribution in [0.3, 0.4) is 0 Å². The number of halogens is 3. The second-order valence-electron chi connectivity index (χ2n) is 6.46. The first-order chi connectivity index (χ1) is 13.9. The Morgan fingerprint density at radius 1 is 1.00 bits per heavy atom. The van der Waals surface area contributed by atoms with E-state index < -0.39 is 17.8 Å². The molecule has 2 aromatic carbocycles. The number of benzene rings is 2. The molecule has 0 aliphatic heterocycles. The fourth-order valence-corrected chi connectivity index (χ4v) is 3.94. The second kappa shape index (κ2) is 7.81. The standard InChI is InChI=1S/C21H16F3N3OS/c22-21(23,24)15-6-7-18-14(8-15)9-19(29-18)16-10-20(27-12-26-16)25-11-17(28)13-4-2-1-3-5-13/h1-10,12,17,28H,11H2,(H,25,26,27)/t17-/m0/s1. The van der Waals surface area contributed by atoms with Crippen LogP contribution in [0.4, 0.5) is 19.0 Å². The van der Waals surface area contributed by atoms with Gasteiger partial charge in [0.2, 0.25) is 0 Å². The predicted octanol–water partition coefficient (Wildman–Crippen LogP) is 5.52. The van der Waals surface area contributed by atoms with Gasteiger partial charge in [0.05, 0.1) is 22.2 Å². The molecule has 0 unspecified atom stereocenters. The molecule has 2 aromatic heterocycles. The minimum absolute atomic E-state index is 0.266. The fourth-order valence-electron chi connectivity index (χ4n) is 2.93. The molecule has 0 fully saturated rings. The van der Waals surface area contributed by atoms with Crippen LogP contribution in [0.2, 0.25) is 0 Å². The van der Waals surface area contributed by atoms with Gasteiger partial charge in [0.1, 0.15) is 12.1 Å². The van der Waals surface area contributed by atoms with E-state index in [0.717, 1.165) is 27.3 Å². The molecule has 0 aliphatic rings. The van der Waals surface area contributed by atoms with Crippen molar-refractivity contribution in [1.29, 1.82) is 0 Å². The van der Waals surface area contributed by atoms with Crippen LogP contribution in [0.1, 0.15) is 17.2 Å². The molecule has 8 heteroatoms. The average Bonchev–Trinajstić information content (AvgIpc) is 3.16. The molecule has 0 bridgehead atoms. The van der Waals surface area contributed by atoms with Crippen LogP contribution in [0.15, 0.2) is 67.0 Å². The largest absolute Gasteiger partial charge is 0.416 e. The molecule has 0 radical (unpaired) electrons. The third-order valence-corrected chi connectivity index (χ3v) is 5.56. The monoisotopic (exact) mass is 415 g/mol. The van der Waals surface area contributed by atoms with Crippen molar-refractivity contribution < 1.29 is 18.3 Å². The van der Waals surface area contributed by atoms with E-state index in [0.29, 0.717) is 16.9 Å². The highest BCUT2D eigenvalue weighted by molar-refractivity contribution is 7.22. The molecule has 2 N–H and O–H groups in total. The van der Waals surface area contributed by atoms with Crippen LogP contribution in [0.25, 0.3) is 20.7 Å². The molecule has 4 rings (SSSR count). The lowest BCUT2D eigenvalue weighted by molar-refractivity contribution is -0.137. The third kappa shape index (κ3) is 4.38. The summed E-state index contributed by atoms with van der Waals surface area (Å²) in [5.74, 6) is 0.526. The molecular weight excluding hydrogens is 399 g/mol. The zero-order valence-electron chi connectivity index (χ0n) is 15.0. The van der Waals surface area contributed by atoms with E-state index in [1.54, 1.807) is 12.1 Å². The number of rotatable bonds is 5. The van der Waals surface area contributed by atoms with E-state index in [1.807, 2.05) is 30.3 Å². The Balaban J connectivity index is 1.54. The van der Waals surface area contributed by atoms with Crippen molar-refractivity contribution in [1.82, 2.24) is 9.97 Å². The third-order valence-electron chi connectivity index (χ3n) is 4.42. The summed E-state index contributed by atoms with van der Waals surface area (Å²) in [6, 6.07) is 16.4. The normalized spacial score (nSPS) is 12.8. The van der Waals surface area contributed by atoms with Gasteiger partial charge < -0.3 is 10.4 Å². The number of alkyl halides is 3. The van der Waals surface area contributed by atoms with Gasteiger partial charge in [-0.05, 0) is 35.2 Å². The molecule has 29 heavy (non-hydrogen) atoms. The lowest BCUT2D eigenvalue weighted by Gasteiger charge is -2.12. The van der Waals surface area contributed by atoms with E-state index in [9.17, 15) is 18.3 Å². The lowest BCUT2D eigenvalue weighted by atomic mass is 10.1. The Morgan fingerprint density at radius 3 is 2.55 bits per heavy atom. The van der Waals surface area contributed by atoms with Crippen LogP contribution in [-0.4, -0.2) is 21.6 Å². The van der Waals surface area contributed by atoms with E-state index >= 15 is 0 Å². The first-order valence-corrected chi connectivity index (χ1v) is 9.62. The van der Waals surface area contributed by atoms with Crippen LogP contribution >= 0.6 is 11.3 Å². The van der Waals surface area contributed by atoms with E-state index in [1.165, 1.54) is 23.7 Å². The van der Waals surface area contributed by atoms with Crippen molar-refractivity contribution in [2.45, 2.75) is 12.3 Å². The van der Waals surface area contributed by atoms with Gasteiger partial charge in [-0.15, -0.1) is 11.3 Å². The van der Waals surface area contributed by atoms with Crippen molar-refractivity contribution in [3.63, 3.8) is 0 Å².